The second-order valence-corrected chi connectivity index (χ2v) is 3.97. The third-order valence-corrected chi connectivity index (χ3v) is 2.57. The van der Waals surface area contributed by atoms with Crippen molar-refractivity contribution >= 4 is 34.1 Å². The lowest BCUT2D eigenvalue weighted by molar-refractivity contribution is 0.629. The smallest absolute Gasteiger partial charge is 0.130 e. The number of hydrogen-bond donors (Lipinski definition) is 0. The van der Waals surface area contributed by atoms with Crippen molar-refractivity contribution < 1.29 is 4.39 Å². The van der Waals surface area contributed by atoms with Crippen LogP contribution in [0.3, 0.4) is 0 Å². The summed E-state index contributed by atoms with van der Waals surface area (Å²) >= 11 is 11.5. The minimum absolute atomic E-state index is 0.311. The molecule has 0 bridgehead atoms. The van der Waals surface area contributed by atoms with Gasteiger partial charge in [0, 0.05) is 17.3 Å². The average Bonchev–Trinajstić information content (AvgIpc) is 2.17. The van der Waals surface area contributed by atoms with E-state index in [1.165, 1.54) is 12.1 Å². The Balaban J connectivity index is 2.68. The van der Waals surface area contributed by atoms with Crippen LogP contribution in [0.2, 0.25) is 5.15 Å². The number of alkyl halides is 1. The number of aryl methyl sites for hydroxylation is 1. The molecule has 0 radical (unpaired) electrons. The fourth-order valence-electron chi connectivity index (χ4n) is 1.55. The highest BCUT2D eigenvalue weighted by atomic mass is 35.5. The standard InChI is InChI=1S/C11H8Cl2FN/c12-4-3-7-5-11(13)15-10-6-8(14)1-2-9(7)10/h1-2,5-6H,3-4H2. The van der Waals surface area contributed by atoms with Crippen LogP contribution in [0, 0.1) is 5.82 Å². The van der Waals surface area contributed by atoms with Gasteiger partial charge in [-0.2, -0.15) is 0 Å². The van der Waals surface area contributed by atoms with Crippen molar-refractivity contribution in [2.24, 2.45) is 0 Å². The van der Waals surface area contributed by atoms with Gasteiger partial charge in [-0.15, -0.1) is 11.6 Å². The quantitative estimate of drug-likeness (QED) is 0.578. The summed E-state index contributed by atoms with van der Waals surface area (Å²) in [7, 11) is 0. The van der Waals surface area contributed by atoms with E-state index >= 15 is 0 Å². The lowest BCUT2D eigenvalue weighted by atomic mass is 10.1. The van der Waals surface area contributed by atoms with E-state index in [1.54, 1.807) is 12.1 Å². The second-order valence-electron chi connectivity index (χ2n) is 3.20. The summed E-state index contributed by atoms with van der Waals surface area (Å²) in [4.78, 5) is 4.06. The topological polar surface area (TPSA) is 12.9 Å². The molecule has 0 atom stereocenters. The maximum Gasteiger partial charge on any atom is 0.130 e. The summed E-state index contributed by atoms with van der Waals surface area (Å²) < 4.78 is 13.0. The number of halogens is 3. The van der Waals surface area contributed by atoms with Crippen LogP contribution in [0.1, 0.15) is 5.56 Å². The Labute approximate surface area is 96.8 Å². The van der Waals surface area contributed by atoms with Crippen molar-refractivity contribution in [3.8, 4) is 0 Å². The van der Waals surface area contributed by atoms with Crippen LogP contribution in [0.4, 0.5) is 4.39 Å². The third kappa shape index (κ3) is 2.21. The molecule has 0 N–H and O–H groups in total. The van der Waals surface area contributed by atoms with Crippen LogP contribution in [0.15, 0.2) is 24.3 Å². The Hall–Kier alpha value is -0.860. The van der Waals surface area contributed by atoms with Crippen LogP contribution in [0.5, 0.6) is 0 Å². The van der Waals surface area contributed by atoms with E-state index in [4.69, 9.17) is 23.2 Å². The predicted octanol–water partition coefficient (Wildman–Crippen LogP) is 3.81. The molecule has 1 aromatic heterocycles. The van der Waals surface area contributed by atoms with Crippen molar-refractivity contribution in [1.29, 1.82) is 0 Å². The zero-order chi connectivity index (χ0) is 10.8. The van der Waals surface area contributed by atoms with Crippen LogP contribution < -0.4 is 0 Å². The first-order valence-electron chi connectivity index (χ1n) is 4.51. The molecule has 1 nitrogen and oxygen atoms in total. The molecule has 0 unspecified atom stereocenters. The SMILES string of the molecule is Fc1ccc2c(CCCl)cc(Cl)nc2c1. The van der Waals surface area contributed by atoms with Gasteiger partial charge in [0.25, 0.3) is 0 Å². The molecular formula is C11H8Cl2FN. The molecule has 0 aliphatic rings. The minimum atomic E-state index is -0.311. The number of benzene rings is 1. The van der Waals surface area contributed by atoms with Crippen LogP contribution in [-0.4, -0.2) is 10.9 Å². The van der Waals surface area contributed by atoms with Crippen molar-refractivity contribution in [3.63, 3.8) is 0 Å². The summed E-state index contributed by atoms with van der Waals surface area (Å²) in [5.41, 5.74) is 1.57. The largest absolute Gasteiger partial charge is 0.236 e. The highest BCUT2D eigenvalue weighted by molar-refractivity contribution is 6.30. The maximum atomic E-state index is 13.0. The number of aromatic nitrogens is 1. The summed E-state index contributed by atoms with van der Waals surface area (Å²) in [6.07, 6.45) is 0.700. The summed E-state index contributed by atoms with van der Waals surface area (Å²) in [6.45, 7) is 0. The molecule has 0 fully saturated rings. The molecule has 78 valence electrons. The normalized spacial score (nSPS) is 10.9. The van der Waals surface area contributed by atoms with Gasteiger partial charge in [0.05, 0.1) is 5.52 Å². The van der Waals surface area contributed by atoms with E-state index in [0.717, 1.165) is 10.9 Å². The molecule has 0 saturated heterocycles. The Morgan fingerprint density at radius 3 is 2.80 bits per heavy atom. The number of fused-ring (bicyclic) bond motifs is 1. The number of rotatable bonds is 2. The minimum Gasteiger partial charge on any atom is -0.236 e. The summed E-state index contributed by atoms with van der Waals surface area (Å²) in [5.74, 6) is 0.196. The van der Waals surface area contributed by atoms with Gasteiger partial charge in [-0.05, 0) is 30.2 Å². The molecule has 1 heterocycles. The van der Waals surface area contributed by atoms with Gasteiger partial charge in [-0.3, -0.25) is 0 Å². The summed E-state index contributed by atoms with van der Waals surface area (Å²) in [6, 6.07) is 6.26. The zero-order valence-electron chi connectivity index (χ0n) is 7.80. The Morgan fingerprint density at radius 1 is 1.27 bits per heavy atom. The molecule has 4 heteroatoms. The van der Waals surface area contributed by atoms with E-state index < -0.39 is 0 Å². The molecule has 15 heavy (non-hydrogen) atoms. The Bertz CT molecular complexity index is 494. The monoisotopic (exact) mass is 243 g/mol. The van der Waals surface area contributed by atoms with Gasteiger partial charge in [0.2, 0.25) is 0 Å². The Morgan fingerprint density at radius 2 is 2.07 bits per heavy atom. The number of nitrogens with zero attached hydrogens (tertiary/aromatic N) is 1. The van der Waals surface area contributed by atoms with Crippen LogP contribution >= 0.6 is 23.2 Å². The van der Waals surface area contributed by atoms with Gasteiger partial charge in [0.15, 0.2) is 0 Å². The lowest BCUT2D eigenvalue weighted by Crippen LogP contribution is -1.92. The highest BCUT2D eigenvalue weighted by Gasteiger charge is 2.05. The van der Waals surface area contributed by atoms with Gasteiger partial charge in [-0.25, -0.2) is 9.37 Å². The molecule has 0 saturated carbocycles. The van der Waals surface area contributed by atoms with E-state index in [1.807, 2.05) is 0 Å². The molecule has 2 aromatic rings. The van der Waals surface area contributed by atoms with Crippen molar-refractivity contribution in [2.75, 3.05) is 5.88 Å². The van der Waals surface area contributed by atoms with Gasteiger partial charge in [-0.1, -0.05) is 11.6 Å². The molecule has 0 aliphatic carbocycles. The third-order valence-electron chi connectivity index (χ3n) is 2.19. The highest BCUT2D eigenvalue weighted by Crippen LogP contribution is 2.22. The molecule has 0 aliphatic heterocycles. The number of pyridine rings is 1. The first-order valence-corrected chi connectivity index (χ1v) is 5.42. The van der Waals surface area contributed by atoms with E-state index in [0.29, 0.717) is 23.0 Å². The van der Waals surface area contributed by atoms with Crippen molar-refractivity contribution in [3.05, 3.63) is 40.8 Å². The second kappa shape index (κ2) is 4.33. The fraction of sp³-hybridized carbons (Fsp3) is 0.182. The fourth-order valence-corrected chi connectivity index (χ4v) is 1.97. The Kier molecular flexibility index (Phi) is 3.08. The van der Waals surface area contributed by atoms with E-state index in [2.05, 4.69) is 4.98 Å². The predicted molar refractivity (Wildman–Crippen MR) is 61.1 cm³/mol. The van der Waals surface area contributed by atoms with Crippen LogP contribution in [0.25, 0.3) is 10.9 Å². The van der Waals surface area contributed by atoms with Crippen LogP contribution in [-0.2, 0) is 6.42 Å². The summed E-state index contributed by atoms with van der Waals surface area (Å²) in [5, 5.41) is 1.27. The number of hydrogen-bond acceptors (Lipinski definition) is 1. The van der Waals surface area contributed by atoms with Gasteiger partial charge < -0.3 is 0 Å². The zero-order valence-corrected chi connectivity index (χ0v) is 9.32. The molecular weight excluding hydrogens is 236 g/mol. The van der Waals surface area contributed by atoms with E-state index in [9.17, 15) is 4.39 Å². The lowest BCUT2D eigenvalue weighted by Gasteiger charge is -2.05. The molecule has 1 aromatic carbocycles. The van der Waals surface area contributed by atoms with E-state index in [-0.39, 0.29) is 5.82 Å². The molecule has 0 spiro atoms. The van der Waals surface area contributed by atoms with Gasteiger partial charge in [0.1, 0.15) is 11.0 Å². The van der Waals surface area contributed by atoms with Crippen molar-refractivity contribution in [2.45, 2.75) is 6.42 Å². The van der Waals surface area contributed by atoms with Crippen molar-refractivity contribution in [1.82, 2.24) is 4.98 Å². The maximum absolute atomic E-state index is 13.0. The molecule has 0 amide bonds. The first-order chi connectivity index (χ1) is 7.20. The molecule has 2 rings (SSSR count). The van der Waals surface area contributed by atoms with Gasteiger partial charge >= 0.3 is 0 Å². The average molecular weight is 244 g/mol. The first kappa shape index (κ1) is 10.7.